The molecule has 0 radical (unpaired) electrons. The van der Waals surface area contributed by atoms with Gasteiger partial charge >= 0.3 is 0 Å². The Bertz CT molecular complexity index is 413. The Hall–Kier alpha value is -1.02. The largest absolute Gasteiger partial charge is 0.365 e. The van der Waals surface area contributed by atoms with E-state index in [0.717, 1.165) is 0 Å². The maximum absolute atomic E-state index is 6.14. The molecule has 0 saturated carbocycles. The Morgan fingerprint density at radius 2 is 1.76 bits per heavy atom. The molecule has 17 heavy (non-hydrogen) atoms. The second-order valence-corrected chi connectivity index (χ2v) is 5.74. The third kappa shape index (κ3) is 1.75. The van der Waals surface area contributed by atoms with E-state index >= 15 is 0 Å². The number of hydrogen-bond acceptors (Lipinski definition) is 2. The van der Waals surface area contributed by atoms with Gasteiger partial charge in [0, 0.05) is 23.8 Å². The lowest BCUT2D eigenvalue weighted by Gasteiger charge is -2.40. The lowest BCUT2D eigenvalue weighted by atomic mass is 9.96. The number of hydrogen-bond donors (Lipinski definition) is 1. The van der Waals surface area contributed by atoms with Crippen LogP contribution in [0.25, 0.3) is 0 Å². The first-order chi connectivity index (χ1) is 8.16. The van der Waals surface area contributed by atoms with Crippen LogP contribution < -0.4 is 10.6 Å². The monoisotopic (exact) mass is 230 g/mol. The van der Waals surface area contributed by atoms with Crippen molar-refractivity contribution < 1.29 is 0 Å². The molecule has 2 bridgehead atoms. The summed E-state index contributed by atoms with van der Waals surface area (Å²) < 4.78 is 0. The van der Waals surface area contributed by atoms with Gasteiger partial charge in [-0.2, -0.15) is 0 Å². The van der Waals surface area contributed by atoms with Crippen molar-refractivity contribution in [3.63, 3.8) is 0 Å². The molecule has 2 unspecified atom stereocenters. The molecular weight excluding hydrogens is 208 g/mol. The van der Waals surface area contributed by atoms with E-state index in [-0.39, 0.29) is 0 Å². The number of fused-ring (bicyclic) bond motifs is 2. The van der Waals surface area contributed by atoms with Crippen molar-refractivity contribution in [3.05, 3.63) is 29.3 Å². The number of aryl methyl sites for hydroxylation is 1. The number of anilines is 1. The number of rotatable bonds is 1. The van der Waals surface area contributed by atoms with E-state index in [2.05, 4.69) is 36.9 Å². The smallest absolute Gasteiger partial charge is 0.0403 e. The van der Waals surface area contributed by atoms with Gasteiger partial charge in [-0.3, -0.25) is 0 Å². The van der Waals surface area contributed by atoms with E-state index in [1.165, 1.54) is 42.5 Å². The molecule has 2 heterocycles. The summed E-state index contributed by atoms with van der Waals surface area (Å²) in [7, 11) is 0. The predicted octanol–water partition coefficient (Wildman–Crippen LogP) is 2.76. The van der Waals surface area contributed by atoms with Crippen LogP contribution >= 0.6 is 0 Å². The molecule has 2 aliphatic heterocycles. The zero-order valence-electron chi connectivity index (χ0n) is 10.8. The first-order valence-electron chi connectivity index (χ1n) is 6.77. The Morgan fingerprint density at radius 3 is 2.41 bits per heavy atom. The van der Waals surface area contributed by atoms with Gasteiger partial charge in [-0.15, -0.1) is 0 Å². The predicted molar refractivity (Wildman–Crippen MR) is 72.4 cm³/mol. The van der Waals surface area contributed by atoms with Gasteiger partial charge in [0.2, 0.25) is 0 Å². The minimum atomic E-state index is 0.425. The molecule has 2 N–H and O–H groups in total. The summed E-state index contributed by atoms with van der Waals surface area (Å²) in [5.41, 5.74) is 10.4. The second kappa shape index (κ2) is 4.02. The lowest BCUT2D eigenvalue weighted by molar-refractivity contribution is 0.414. The maximum atomic E-state index is 6.14. The standard InChI is InChI=1S/C15H22N2/c1-10-4-3-5-15(11(10)2)17-13-6-7-14(17)9-12(16)8-13/h3-5,12-14H,6-9,16H2,1-2H3. The number of nitrogens with two attached hydrogens (primary N) is 1. The minimum Gasteiger partial charge on any atom is -0.365 e. The fourth-order valence-corrected chi connectivity index (χ4v) is 3.63. The van der Waals surface area contributed by atoms with Crippen LogP contribution in [-0.2, 0) is 0 Å². The van der Waals surface area contributed by atoms with Crippen molar-refractivity contribution in [1.82, 2.24) is 0 Å². The van der Waals surface area contributed by atoms with Crippen LogP contribution in [0.3, 0.4) is 0 Å². The highest BCUT2D eigenvalue weighted by atomic mass is 15.2. The van der Waals surface area contributed by atoms with E-state index in [1.807, 2.05) is 0 Å². The highest BCUT2D eigenvalue weighted by Crippen LogP contribution is 2.40. The van der Waals surface area contributed by atoms with Crippen LogP contribution in [0.5, 0.6) is 0 Å². The van der Waals surface area contributed by atoms with Crippen LogP contribution in [0, 0.1) is 13.8 Å². The number of nitrogens with zero attached hydrogens (tertiary/aromatic N) is 1. The topological polar surface area (TPSA) is 29.3 Å². The molecule has 2 nitrogen and oxygen atoms in total. The van der Waals surface area contributed by atoms with Gasteiger partial charge in [0.05, 0.1) is 0 Å². The van der Waals surface area contributed by atoms with Crippen molar-refractivity contribution in [2.45, 2.75) is 57.7 Å². The van der Waals surface area contributed by atoms with Gasteiger partial charge in [0.1, 0.15) is 0 Å². The molecule has 1 aromatic rings. The average Bonchev–Trinajstić information content (AvgIpc) is 2.55. The molecule has 0 spiro atoms. The lowest BCUT2D eigenvalue weighted by Crippen LogP contribution is -2.47. The van der Waals surface area contributed by atoms with Crippen molar-refractivity contribution >= 4 is 5.69 Å². The van der Waals surface area contributed by atoms with E-state index < -0.39 is 0 Å². The van der Waals surface area contributed by atoms with Gasteiger partial charge in [-0.05, 0) is 56.7 Å². The summed E-state index contributed by atoms with van der Waals surface area (Å²) in [6.07, 6.45) is 4.99. The van der Waals surface area contributed by atoms with E-state index in [0.29, 0.717) is 18.1 Å². The Labute approximate surface area is 104 Å². The van der Waals surface area contributed by atoms with Crippen molar-refractivity contribution in [2.24, 2.45) is 5.73 Å². The third-order valence-electron chi connectivity index (χ3n) is 4.62. The number of piperidine rings is 1. The van der Waals surface area contributed by atoms with Crippen molar-refractivity contribution in [1.29, 1.82) is 0 Å². The number of benzene rings is 1. The van der Waals surface area contributed by atoms with E-state index in [1.54, 1.807) is 0 Å². The van der Waals surface area contributed by atoms with Gasteiger partial charge in [0.25, 0.3) is 0 Å². The summed E-state index contributed by atoms with van der Waals surface area (Å²) in [5.74, 6) is 0. The highest BCUT2D eigenvalue weighted by molar-refractivity contribution is 5.58. The maximum Gasteiger partial charge on any atom is 0.0403 e. The Morgan fingerprint density at radius 1 is 1.12 bits per heavy atom. The fourth-order valence-electron chi connectivity index (χ4n) is 3.63. The quantitative estimate of drug-likeness (QED) is 0.804. The molecule has 2 heteroatoms. The van der Waals surface area contributed by atoms with E-state index in [9.17, 15) is 0 Å². The summed E-state index contributed by atoms with van der Waals surface area (Å²) >= 11 is 0. The SMILES string of the molecule is Cc1cccc(N2C3CCC2CC(N)C3)c1C. The van der Waals surface area contributed by atoms with Gasteiger partial charge < -0.3 is 10.6 Å². The molecule has 2 fully saturated rings. The minimum absolute atomic E-state index is 0.425. The van der Waals surface area contributed by atoms with Crippen LogP contribution in [0.2, 0.25) is 0 Å². The normalized spacial score (nSPS) is 31.9. The molecule has 2 saturated heterocycles. The van der Waals surface area contributed by atoms with Gasteiger partial charge in [-0.1, -0.05) is 12.1 Å². The molecule has 2 aliphatic rings. The van der Waals surface area contributed by atoms with Crippen LogP contribution in [-0.4, -0.2) is 18.1 Å². The Balaban J connectivity index is 1.97. The van der Waals surface area contributed by atoms with Crippen molar-refractivity contribution in [2.75, 3.05) is 4.90 Å². The molecule has 0 aliphatic carbocycles. The summed E-state index contributed by atoms with van der Waals surface area (Å²) in [6.45, 7) is 4.45. The molecule has 1 aromatic carbocycles. The van der Waals surface area contributed by atoms with Gasteiger partial charge in [0.15, 0.2) is 0 Å². The zero-order chi connectivity index (χ0) is 12.0. The molecule has 0 amide bonds. The summed E-state index contributed by atoms with van der Waals surface area (Å²) in [4.78, 5) is 2.66. The molecule has 3 rings (SSSR count). The average molecular weight is 230 g/mol. The first-order valence-corrected chi connectivity index (χ1v) is 6.77. The molecule has 92 valence electrons. The summed E-state index contributed by atoms with van der Waals surface area (Å²) in [6, 6.07) is 8.47. The zero-order valence-corrected chi connectivity index (χ0v) is 10.8. The van der Waals surface area contributed by atoms with Crippen LogP contribution in [0.4, 0.5) is 5.69 Å². The molecule has 2 atom stereocenters. The first kappa shape index (κ1) is 11.1. The highest BCUT2D eigenvalue weighted by Gasteiger charge is 2.40. The van der Waals surface area contributed by atoms with Crippen LogP contribution in [0.1, 0.15) is 36.8 Å². The van der Waals surface area contributed by atoms with Crippen molar-refractivity contribution in [3.8, 4) is 0 Å². The molecular formula is C15H22N2. The van der Waals surface area contributed by atoms with Gasteiger partial charge in [-0.25, -0.2) is 0 Å². The van der Waals surface area contributed by atoms with Crippen LogP contribution in [0.15, 0.2) is 18.2 Å². The molecule has 0 aromatic heterocycles. The third-order valence-corrected chi connectivity index (χ3v) is 4.62. The Kier molecular flexibility index (Phi) is 2.62. The summed E-state index contributed by atoms with van der Waals surface area (Å²) in [5, 5.41) is 0. The fraction of sp³-hybridized carbons (Fsp3) is 0.600. The second-order valence-electron chi connectivity index (χ2n) is 5.74. The van der Waals surface area contributed by atoms with E-state index in [4.69, 9.17) is 5.73 Å².